The van der Waals surface area contributed by atoms with Gasteiger partial charge in [-0.15, -0.1) is 0 Å². The van der Waals surface area contributed by atoms with Gasteiger partial charge in [0.25, 0.3) is 0 Å². The Balaban J connectivity index is 1.60. The Morgan fingerprint density at radius 3 is 2.46 bits per heavy atom. The molecule has 154 valence electrons. The van der Waals surface area contributed by atoms with Gasteiger partial charge >= 0.3 is 5.97 Å². The molecule has 4 rings (SSSR count). The van der Waals surface area contributed by atoms with Crippen molar-refractivity contribution in [2.45, 2.75) is 85.2 Å². The number of carbonyl (C=O) groups excluding carboxylic acids is 2. The first-order valence-corrected chi connectivity index (χ1v) is 11.2. The lowest BCUT2D eigenvalue weighted by Gasteiger charge is -2.61. The number of Topliss-reactive ketones (excluding diaryl/α,β-unsaturated/α-hetero) is 1. The van der Waals surface area contributed by atoms with E-state index in [1.807, 2.05) is 0 Å². The predicted molar refractivity (Wildman–Crippen MR) is 111 cm³/mol. The molecule has 0 heterocycles. The molecule has 4 aliphatic carbocycles. The Morgan fingerprint density at radius 2 is 1.82 bits per heavy atom. The molecule has 0 aromatic heterocycles. The predicted octanol–water partition coefficient (Wildman–Crippen LogP) is 5.64. The fraction of sp³-hybridized carbons (Fsp3) is 0.760. The molecule has 28 heavy (non-hydrogen) atoms. The number of esters is 1. The molecule has 7 atom stereocenters. The van der Waals surface area contributed by atoms with Gasteiger partial charge in [0.2, 0.25) is 0 Å². The molecule has 0 N–H and O–H groups in total. The van der Waals surface area contributed by atoms with E-state index in [-0.39, 0.29) is 23.3 Å². The molecule has 3 heteroatoms. The molecule has 0 aromatic carbocycles. The van der Waals surface area contributed by atoms with Crippen molar-refractivity contribution in [1.82, 2.24) is 0 Å². The number of hydrogen-bond donors (Lipinski definition) is 0. The summed E-state index contributed by atoms with van der Waals surface area (Å²) in [6.45, 7) is 12.3. The molecule has 4 aliphatic rings. The largest absolute Gasteiger partial charge is 0.463 e. The Labute approximate surface area is 170 Å². The topological polar surface area (TPSA) is 43.4 Å². The van der Waals surface area contributed by atoms with Gasteiger partial charge in [-0.1, -0.05) is 25.2 Å². The maximum Gasteiger partial charge on any atom is 0.302 e. The van der Waals surface area contributed by atoms with Crippen molar-refractivity contribution >= 4 is 11.8 Å². The summed E-state index contributed by atoms with van der Waals surface area (Å²) in [6, 6.07) is 0. The number of ketones is 1. The zero-order valence-electron chi connectivity index (χ0n) is 18.1. The summed E-state index contributed by atoms with van der Waals surface area (Å²) in [7, 11) is 0. The SMILES string of the molecule is C=C(C)[C@]12CC[C@H]3[C@@H](CC[C@H]4C[C@H](OC(C)=O)CC[C@@]43C)[C@@H]1CC=C2C(C)=O. The molecule has 0 unspecified atom stereocenters. The van der Waals surface area contributed by atoms with Gasteiger partial charge in [0, 0.05) is 17.9 Å². The lowest BCUT2D eigenvalue weighted by molar-refractivity contribution is -0.158. The van der Waals surface area contributed by atoms with Crippen molar-refractivity contribution in [1.29, 1.82) is 0 Å². The highest BCUT2D eigenvalue weighted by Gasteiger charge is 2.60. The van der Waals surface area contributed by atoms with Crippen LogP contribution in [0.2, 0.25) is 0 Å². The summed E-state index contributed by atoms with van der Waals surface area (Å²) in [6.07, 6.45) is 11.4. The number of carbonyl (C=O) groups is 2. The van der Waals surface area contributed by atoms with E-state index in [1.54, 1.807) is 6.92 Å². The van der Waals surface area contributed by atoms with Crippen LogP contribution in [0.25, 0.3) is 0 Å². The number of fused-ring (bicyclic) bond motifs is 5. The van der Waals surface area contributed by atoms with E-state index in [9.17, 15) is 9.59 Å². The minimum absolute atomic E-state index is 0.0782. The molecule has 3 fully saturated rings. The lowest BCUT2D eigenvalue weighted by Crippen LogP contribution is -2.54. The minimum Gasteiger partial charge on any atom is -0.463 e. The number of ether oxygens (including phenoxy) is 1. The summed E-state index contributed by atoms with van der Waals surface area (Å²) < 4.78 is 5.58. The quantitative estimate of drug-likeness (QED) is 0.467. The smallest absolute Gasteiger partial charge is 0.302 e. The van der Waals surface area contributed by atoms with Gasteiger partial charge in [0.15, 0.2) is 5.78 Å². The van der Waals surface area contributed by atoms with Gasteiger partial charge in [0.05, 0.1) is 0 Å². The van der Waals surface area contributed by atoms with Crippen LogP contribution in [0.3, 0.4) is 0 Å². The van der Waals surface area contributed by atoms with Gasteiger partial charge in [-0.05, 0) is 94.3 Å². The van der Waals surface area contributed by atoms with E-state index in [4.69, 9.17) is 4.74 Å². The molecule has 3 saturated carbocycles. The Kier molecular flexibility index (Phi) is 4.87. The van der Waals surface area contributed by atoms with Crippen LogP contribution < -0.4 is 0 Å². The first-order valence-electron chi connectivity index (χ1n) is 11.2. The average molecular weight is 385 g/mol. The summed E-state index contributed by atoms with van der Waals surface area (Å²) >= 11 is 0. The molecule has 0 saturated heterocycles. The second-order valence-corrected chi connectivity index (χ2v) is 10.4. The van der Waals surface area contributed by atoms with E-state index < -0.39 is 0 Å². The molecular weight excluding hydrogens is 348 g/mol. The van der Waals surface area contributed by atoms with Crippen LogP contribution in [-0.4, -0.2) is 17.9 Å². The maximum atomic E-state index is 12.4. The van der Waals surface area contributed by atoms with E-state index in [1.165, 1.54) is 31.8 Å². The minimum atomic E-state index is -0.139. The maximum absolute atomic E-state index is 12.4. The van der Waals surface area contributed by atoms with Gasteiger partial charge in [0.1, 0.15) is 6.10 Å². The first kappa shape index (κ1) is 19.9. The zero-order valence-corrected chi connectivity index (χ0v) is 18.1. The molecule has 0 aromatic rings. The van der Waals surface area contributed by atoms with Gasteiger partial charge < -0.3 is 4.74 Å². The molecule has 0 spiro atoms. The fourth-order valence-corrected chi connectivity index (χ4v) is 8.06. The third kappa shape index (κ3) is 2.75. The average Bonchev–Trinajstić information content (AvgIpc) is 3.03. The monoisotopic (exact) mass is 384 g/mol. The van der Waals surface area contributed by atoms with Crippen LogP contribution in [0.5, 0.6) is 0 Å². The third-order valence-corrected chi connectivity index (χ3v) is 9.23. The highest BCUT2D eigenvalue weighted by Crippen LogP contribution is 2.68. The number of rotatable bonds is 3. The fourth-order valence-electron chi connectivity index (χ4n) is 8.06. The Bertz CT molecular complexity index is 734. The van der Waals surface area contributed by atoms with E-state index in [0.29, 0.717) is 23.2 Å². The lowest BCUT2D eigenvalue weighted by atomic mass is 9.43. The Hall–Kier alpha value is -1.38. The van der Waals surface area contributed by atoms with Crippen molar-refractivity contribution in [2.24, 2.45) is 34.5 Å². The van der Waals surface area contributed by atoms with Gasteiger partial charge in [-0.3, -0.25) is 9.59 Å². The van der Waals surface area contributed by atoms with Crippen molar-refractivity contribution in [3.05, 3.63) is 23.8 Å². The van der Waals surface area contributed by atoms with Crippen molar-refractivity contribution in [3.63, 3.8) is 0 Å². The number of hydrogen-bond acceptors (Lipinski definition) is 3. The summed E-state index contributed by atoms with van der Waals surface area (Å²) in [5, 5.41) is 0. The number of allylic oxidation sites excluding steroid dienone is 3. The Morgan fingerprint density at radius 1 is 1.07 bits per heavy atom. The second kappa shape index (κ2) is 6.85. The molecule has 0 bridgehead atoms. The molecule has 0 amide bonds. The first-order chi connectivity index (χ1) is 13.2. The van der Waals surface area contributed by atoms with Crippen molar-refractivity contribution in [3.8, 4) is 0 Å². The van der Waals surface area contributed by atoms with Crippen molar-refractivity contribution < 1.29 is 14.3 Å². The van der Waals surface area contributed by atoms with Crippen LogP contribution >= 0.6 is 0 Å². The molecule has 0 radical (unpaired) electrons. The highest BCUT2D eigenvalue weighted by atomic mass is 16.5. The van der Waals surface area contributed by atoms with Gasteiger partial charge in [-0.2, -0.15) is 0 Å². The normalized spacial score (nSPS) is 44.6. The van der Waals surface area contributed by atoms with Crippen molar-refractivity contribution in [2.75, 3.05) is 0 Å². The van der Waals surface area contributed by atoms with Crippen LogP contribution in [-0.2, 0) is 14.3 Å². The van der Waals surface area contributed by atoms with Crippen LogP contribution in [0.4, 0.5) is 0 Å². The van der Waals surface area contributed by atoms with Crippen LogP contribution in [0.1, 0.15) is 79.1 Å². The molecule has 0 aliphatic heterocycles. The standard InChI is InChI=1S/C25H36O3/c1-15(2)25-13-11-22-20(23(25)9-8-21(25)16(3)26)7-6-18-14-19(28-17(4)27)10-12-24(18,22)5/h8,18-20,22-23H,1,6-7,9-14H2,2-5H3/t18-,19+,20+,22-,23-,24-,25-/m0/s1. The van der Waals surface area contributed by atoms with E-state index in [2.05, 4.69) is 26.5 Å². The second-order valence-electron chi connectivity index (χ2n) is 10.4. The molecular formula is C25H36O3. The summed E-state index contributed by atoms with van der Waals surface area (Å²) in [5.74, 6) is 2.72. The van der Waals surface area contributed by atoms with Crippen LogP contribution in [0.15, 0.2) is 23.8 Å². The zero-order chi connectivity index (χ0) is 20.3. The van der Waals surface area contributed by atoms with Crippen LogP contribution in [0, 0.1) is 34.5 Å². The summed E-state index contributed by atoms with van der Waals surface area (Å²) in [5.41, 5.74) is 2.51. The highest BCUT2D eigenvalue weighted by molar-refractivity contribution is 5.96. The summed E-state index contributed by atoms with van der Waals surface area (Å²) in [4.78, 5) is 23.9. The molecule has 3 nitrogen and oxygen atoms in total. The van der Waals surface area contributed by atoms with Gasteiger partial charge in [-0.25, -0.2) is 0 Å². The van der Waals surface area contributed by atoms with E-state index >= 15 is 0 Å². The van der Waals surface area contributed by atoms with E-state index in [0.717, 1.165) is 43.6 Å². The third-order valence-electron chi connectivity index (χ3n) is 9.23.